The molecule has 138 valence electrons. The second kappa shape index (κ2) is 9.37. The lowest BCUT2D eigenvalue weighted by Crippen LogP contribution is -2.36. The van der Waals surface area contributed by atoms with Crippen LogP contribution in [0.4, 0.5) is 0 Å². The molecule has 3 atom stereocenters. The van der Waals surface area contributed by atoms with Gasteiger partial charge in [0, 0.05) is 4.47 Å². The van der Waals surface area contributed by atoms with Crippen molar-refractivity contribution in [3.63, 3.8) is 0 Å². The highest BCUT2D eigenvalue weighted by Gasteiger charge is 2.33. The van der Waals surface area contributed by atoms with Gasteiger partial charge >= 0.3 is 11.9 Å². The van der Waals surface area contributed by atoms with E-state index >= 15 is 0 Å². The monoisotopic (exact) mass is 410 g/mol. The zero-order valence-electron chi connectivity index (χ0n) is 15.2. The van der Waals surface area contributed by atoms with E-state index in [0.29, 0.717) is 17.8 Å². The van der Waals surface area contributed by atoms with Crippen molar-refractivity contribution in [2.24, 2.45) is 17.8 Å². The second-order valence-electron chi connectivity index (χ2n) is 7.32. The Morgan fingerprint density at radius 2 is 1.84 bits per heavy atom. The Labute approximate surface area is 158 Å². The SMILES string of the molecule is CC(C)[C@@H]1CC[C@@H](C)C[C@@H]1OC(=O)COC(=O)Cc1ccc(Br)cc1. The van der Waals surface area contributed by atoms with Gasteiger partial charge in [-0.25, -0.2) is 4.79 Å². The molecule has 25 heavy (non-hydrogen) atoms. The highest BCUT2D eigenvalue weighted by atomic mass is 79.9. The van der Waals surface area contributed by atoms with E-state index in [-0.39, 0.29) is 19.1 Å². The highest BCUT2D eigenvalue weighted by molar-refractivity contribution is 9.10. The summed E-state index contributed by atoms with van der Waals surface area (Å²) in [5.41, 5.74) is 0.850. The van der Waals surface area contributed by atoms with Gasteiger partial charge < -0.3 is 9.47 Å². The second-order valence-corrected chi connectivity index (χ2v) is 8.23. The molecule has 0 aliphatic heterocycles. The number of hydrogen-bond acceptors (Lipinski definition) is 4. The molecule has 0 unspecified atom stereocenters. The van der Waals surface area contributed by atoms with Crippen LogP contribution in [0, 0.1) is 17.8 Å². The number of benzene rings is 1. The van der Waals surface area contributed by atoms with Crippen LogP contribution in [0.25, 0.3) is 0 Å². The van der Waals surface area contributed by atoms with E-state index in [1.165, 1.54) is 6.42 Å². The molecule has 4 nitrogen and oxygen atoms in total. The fourth-order valence-corrected chi connectivity index (χ4v) is 3.68. The topological polar surface area (TPSA) is 52.6 Å². The molecule has 0 saturated heterocycles. The van der Waals surface area contributed by atoms with Crippen LogP contribution < -0.4 is 0 Å². The summed E-state index contributed by atoms with van der Waals surface area (Å²) in [7, 11) is 0. The maximum atomic E-state index is 12.1. The van der Waals surface area contributed by atoms with Crippen LogP contribution in [0.2, 0.25) is 0 Å². The minimum Gasteiger partial charge on any atom is -0.460 e. The summed E-state index contributed by atoms with van der Waals surface area (Å²) in [4.78, 5) is 24.0. The first kappa shape index (κ1) is 20.0. The van der Waals surface area contributed by atoms with Crippen LogP contribution >= 0.6 is 15.9 Å². The molecule has 0 aromatic heterocycles. The molecular formula is C20H27BrO4. The summed E-state index contributed by atoms with van der Waals surface area (Å²) in [5, 5.41) is 0. The molecule has 2 rings (SSSR count). The Morgan fingerprint density at radius 1 is 1.16 bits per heavy atom. The van der Waals surface area contributed by atoms with Crippen LogP contribution in [-0.2, 0) is 25.5 Å². The number of hydrogen-bond donors (Lipinski definition) is 0. The first-order valence-corrected chi connectivity index (χ1v) is 9.74. The molecule has 1 aliphatic carbocycles. The smallest absolute Gasteiger partial charge is 0.344 e. The van der Waals surface area contributed by atoms with Crippen LogP contribution in [0.1, 0.15) is 45.6 Å². The maximum absolute atomic E-state index is 12.1. The molecule has 1 saturated carbocycles. The summed E-state index contributed by atoms with van der Waals surface area (Å²) in [6.45, 7) is 6.21. The van der Waals surface area contributed by atoms with Crippen LogP contribution in [0.3, 0.4) is 0 Å². The fourth-order valence-electron chi connectivity index (χ4n) is 3.41. The summed E-state index contributed by atoms with van der Waals surface area (Å²) in [6.07, 6.45) is 3.23. The number of rotatable bonds is 6. The first-order chi connectivity index (χ1) is 11.8. The van der Waals surface area contributed by atoms with Crippen LogP contribution in [-0.4, -0.2) is 24.6 Å². The fraction of sp³-hybridized carbons (Fsp3) is 0.600. The van der Waals surface area contributed by atoms with Gasteiger partial charge in [-0.05, 0) is 48.3 Å². The minimum atomic E-state index is -0.450. The third-order valence-electron chi connectivity index (χ3n) is 4.86. The predicted molar refractivity (Wildman–Crippen MR) is 100 cm³/mol. The lowest BCUT2D eigenvalue weighted by atomic mass is 9.75. The summed E-state index contributed by atoms with van der Waals surface area (Å²) in [6, 6.07) is 7.43. The highest BCUT2D eigenvalue weighted by Crippen LogP contribution is 2.35. The molecule has 0 N–H and O–H groups in total. The number of ether oxygens (including phenoxy) is 2. The summed E-state index contributed by atoms with van der Waals surface area (Å²) < 4.78 is 11.7. The van der Waals surface area contributed by atoms with Gasteiger partial charge in [-0.15, -0.1) is 0 Å². The normalized spacial score (nSPS) is 23.3. The molecular weight excluding hydrogens is 384 g/mol. The average molecular weight is 411 g/mol. The van der Waals surface area contributed by atoms with Gasteiger partial charge in [0.1, 0.15) is 6.10 Å². The van der Waals surface area contributed by atoms with Crippen molar-refractivity contribution >= 4 is 27.9 Å². The van der Waals surface area contributed by atoms with Crippen molar-refractivity contribution in [2.75, 3.05) is 6.61 Å². The van der Waals surface area contributed by atoms with E-state index in [4.69, 9.17) is 9.47 Å². The van der Waals surface area contributed by atoms with Crippen LogP contribution in [0.5, 0.6) is 0 Å². The number of carbonyl (C=O) groups is 2. The quantitative estimate of drug-likeness (QED) is 0.645. The molecule has 0 amide bonds. The lowest BCUT2D eigenvalue weighted by Gasteiger charge is -2.36. The number of halogens is 1. The molecule has 0 bridgehead atoms. The largest absolute Gasteiger partial charge is 0.460 e. The maximum Gasteiger partial charge on any atom is 0.344 e. The molecule has 1 fully saturated rings. The van der Waals surface area contributed by atoms with E-state index < -0.39 is 11.9 Å². The summed E-state index contributed by atoms with van der Waals surface area (Å²) >= 11 is 3.35. The third-order valence-corrected chi connectivity index (χ3v) is 5.39. The standard InChI is InChI=1S/C20H27BrO4/c1-13(2)17-9-4-14(3)10-18(17)25-20(23)12-24-19(22)11-15-5-7-16(21)8-6-15/h5-8,13-14,17-18H,4,9-12H2,1-3H3/t14-,17+,18+/m1/s1. The summed E-state index contributed by atoms with van der Waals surface area (Å²) in [5.74, 6) is 0.558. The molecule has 5 heteroatoms. The van der Waals surface area contributed by atoms with Crippen LogP contribution in [0.15, 0.2) is 28.7 Å². The molecule has 0 radical (unpaired) electrons. The van der Waals surface area contributed by atoms with Gasteiger partial charge in [-0.1, -0.05) is 55.3 Å². The Balaban J connectivity index is 1.78. The van der Waals surface area contributed by atoms with Crippen molar-refractivity contribution in [1.82, 2.24) is 0 Å². The van der Waals surface area contributed by atoms with Gasteiger partial charge in [0.05, 0.1) is 6.42 Å². The molecule has 0 spiro atoms. The van der Waals surface area contributed by atoms with Gasteiger partial charge in [-0.2, -0.15) is 0 Å². The molecule has 0 heterocycles. The Bertz CT molecular complexity index is 582. The number of esters is 2. The van der Waals surface area contributed by atoms with Crippen molar-refractivity contribution in [1.29, 1.82) is 0 Å². The Kier molecular flexibility index (Phi) is 7.48. The van der Waals surface area contributed by atoms with E-state index in [2.05, 4.69) is 36.7 Å². The van der Waals surface area contributed by atoms with Gasteiger partial charge in [0.25, 0.3) is 0 Å². The van der Waals surface area contributed by atoms with Crippen molar-refractivity contribution in [3.05, 3.63) is 34.3 Å². The van der Waals surface area contributed by atoms with Gasteiger partial charge in [0.2, 0.25) is 0 Å². The molecule has 1 aromatic rings. The van der Waals surface area contributed by atoms with E-state index in [0.717, 1.165) is 22.9 Å². The van der Waals surface area contributed by atoms with E-state index in [1.807, 2.05) is 24.3 Å². The van der Waals surface area contributed by atoms with Crippen molar-refractivity contribution < 1.29 is 19.1 Å². The van der Waals surface area contributed by atoms with E-state index in [1.54, 1.807) is 0 Å². The van der Waals surface area contributed by atoms with Crippen molar-refractivity contribution in [2.45, 2.75) is 52.6 Å². The van der Waals surface area contributed by atoms with Crippen molar-refractivity contribution in [3.8, 4) is 0 Å². The molecule has 1 aliphatic rings. The third kappa shape index (κ3) is 6.46. The van der Waals surface area contributed by atoms with E-state index in [9.17, 15) is 9.59 Å². The van der Waals surface area contributed by atoms with Gasteiger partial charge in [-0.3, -0.25) is 4.79 Å². The lowest BCUT2D eigenvalue weighted by molar-refractivity contribution is -0.166. The Morgan fingerprint density at radius 3 is 2.48 bits per heavy atom. The minimum absolute atomic E-state index is 0.0681. The van der Waals surface area contributed by atoms with Gasteiger partial charge in [0.15, 0.2) is 6.61 Å². The average Bonchev–Trinajstić information content (AvgIpc) is 2.55. The Hall–Kier alpha value is -1.36. The predicted octanol–water partition coefficient (Wildman–Crippen LogP) is 4.54. The zero-order valence-corrected chi connectivity index (χ0v) is 16.8. The molecule has 1 aromatic carbocycles. The first-order valence-electron chi connectivity index (χ1n) is 8.94. The zero-order chi connectivity index (χ0) is 18.4. The number of carbonyl (C=O) groups excluding carboxylic acids is 2.